The highest BCUT2D eigenvalue weighted by Gasteiger charge is 2.14. The van der Waals surface area contributed by atoms with Crippen molar-refractivity contribution in [1.82, 2.24) is 4.98 Å². The number of para-hydroxylation sites is 1. The molecule has 0 spiro atoms. The summed E-state index contributed by atoms with van der Waals surface area (Å²) in [6.07, 6.45) is 3.14. The van der Waals surface area contributed by atoms with Crippen LogP contribution in [-0.4, -0.2) is 10.9 Å². The lowest BCUT2D eigenvalue weighted by molar-refractivity contribution is 0.102. The number of halogens is 1. The molecule has 2 N–H and O–H groups in total. The Morgan fingerprint density at radius 3 is 2.48 bits per heavy atom. The van der Waals surface area contributed by atoms with Crippen molar-refractivity contribution in [2.75, 3.05) is 10.6 Å². The van der Waals surface area contributed by atoms with E-state index in [0.29, 0.717) is 17.2 Å². The van der Waals surface area contributed by atoms with Gasteiger partial charge in [0.1, 0.15) is 5.82 Å². The van der Waals surface area contributed by atoms with E-state index in [0.717, 1.165) is 22.5 Å². The summed E-state index contributed by atoms with van der Waals surface area (Å²) in [4.78, 5) is 16.9. The summed E-state index contributed by atoms with van der Waals surface area (Å²) in [6.45, 7) is 6.17. The maximum Gasteiger partial charge on any atom is 0.257 e. The van der Waals surface area contributed by atoms with Gasteiger partial charge in [-0.15, -0.1) is 0 Å². The molecule has 0 aliphatic rings. The quantitative estimate of drug-likeness (QED) is 0.616. The third-order valence-electron chi connectivity index (χ3n) is 4.30. The Bertz CT molecular complexity index is 952. The number of nitrogens with one attached hydrogen (secondary N) is 2. The number of rotatable bonds is 5. The predicted octanol–water partition coefficient (Wildman–Crippen LogP) is 5.65. The Kier molecular flexibility index (Phi) is 5.50. The lowest BCUT2D eigenvalue weighted by Crippen LogP contribution is -2.15. The van der Waals surface area contributed by atoms with E-state index in [1.165, 1.54) is 18.3 Å². The van der Waals surface area contributed by atoms with Gasteiger partial charge in [-0.25, -0.2) is 4.39 Å². The molecule has 0 saturated heterocycles. The van der Waals surface area contributed by atoms with E-state index in [2.05, 4.69) is 29.5 Å². The van der Waals surface area contributed by atoms with Gasteiger partial charge in [0.2, 0.25) is 0 Å². The lowest BCUT2D eigenvalue weighted by Gasteiger charge is -2.16. The van der Waals surface area contributed by atoms with Gasteiger partial charge in [0.05, 0.1) is 17.4 Å². The van der Waals surface area contributed by atoms with Gasteiger partial charge >= 0.3 is 0 Å². The fraction of sp³-hybridized carbons (Fsp3) is 0.182. The van der Waals surface area contributed by atoms with Crippen LogP contribution >= 0.6 is 0 Å². The number of benzene rings is 2. The second-order valence-corrected chi connectivity index (χ2v) is 6.74. The van der Waals surface area contributed by atoms with Gasteiger partial charge in [-0.05, 0) is 54.3 Å². The molecule has 1 heterocycles. The zero-order valence-electron chi connectivity index (χ0n) is 15.6. The Labute approximate surface area is 158 Å². The summed E-state index contributed by atoms with van der Waals surface area (Å²) in [5, 5.41) is 6.14. The average Bonchev–Trinajstić information content (AvgIpc) is 2.65. The van der Waals surface area contributed by atoms with Crippen molar-refractivity contribution in [2.45, 2.75) is 26.7 Å². The second kappa shape index (κ2) is 7.99. The first-order chi connectivity index (χ1) is 12.9. The van der Waals surface area contributed by atoms with Crippen LogP contribution in [0.3, 0.4) is 0 Å². The van der Waals surface area contributed by atoms with Crippen LogP contribution in [0.4, 0.5) is 21.5 Å². The highest BCUT2D eigenvalue weighted by molar-refractivity contribution is 6.05. The number of hydrogen-bond donors (Lipinski definition) is 2. The SMILES string of the molecule is Cc1cccc(C(C)C)c1NC(=O)c1cncc(Nc2ccc(F)cc2)c1. The van der Waals surface area contributed by atoms with Crippen molar-refractivity contribution in [3.63, 3.8) is 0 Å². The normalized spacial score (nSPS) is 10.7. The number of amides is 1. The topological polar surface area (TPSA) is 54.0 Å². The molecule has 3 aromatic rings. The predicted molar refractivity (Wildman–Crippen MR) is 107 cm³/mol. The van der Waals surface area contributed by atoms with Gasteiger partial charge in [0.15, 0.2) is 0 Å². The summed E-state index contributed by atoms with van der Waals surface area (Å²) in [6, 6.07) is 13.7. The lowest BCUT2D eigenvalue weighted by atomic mass is 9.98. The van der Waals surface area contributed by atoms with Crippen LogP contribution in [0, 0.1) is 12.7 Å². The van der Waals surface area contributed by atoms with Crippen molar-refractivity contribution in [3.05, 3.63) is 83.4 Å². The zero-order chi connectivity index (χ0) is 19.4. The van der Waals surface area contributed by atoms with E-state index >= 15 is 0 Å². The summed E-state index contributed by atoms with van der Waals surface area (Å²) in [5.74, 6) is -0.225. The molecule has 3 rings (SSSR count). The first kappa shape index (κ1) is 18.6. The monoisotopic (exact) mass is 363 g/mol. The van der Waals surface area contributed by atoms with Crippen LogP contribution < -0.4 is 10.6 Å². The maximum absolute atomic E-state index is 13.0. The maximum atomic E-state index is 13.0. The van der Waals surface area contributed by atoms with Gasteiger partial charge in [-0.2, -0.15) is 0 Å². The zero-order valence-corrected chi connectivity index (χ0v) is 15.6. The molecule has 1 amide bonds. The molecule has 0 radical (unpaired) electrons. The van der Waals surface area contributed by atoms with E-state index < -0.39 is 0 Å². The summed E-state index contributed by atoms with van der Waals surface area (Å²) < 4.78 is 13.0. The number of aryl methyl sites for hydroxylation is 1. The van der Waals surface area contributed by atoms with Crippen molar-refractivity contribution in [2.24, 2.45) is 0 Å². The Balaban J connectivity index is 1.81. The Hall–Kier alpha value is -3.21. The molecule has 0 saturated carbocycles. The number of nitrogens with zero attached hydrogens (tertiary/aromatic N) is 1. The summed E-state index contributed by atoms with van der Waals surface area (Å²) in [7, 11) is 0. The van der Waals surface area contributed by atoms with Crippen molar-refractivity contribution in [1.29, 1.82) is 0 Å². The highest BCUT2D eigenvalue weighted by atomic mass is 19.1. The molecule has 0 unspecified atom stereocenters. The van der Waals surface area contributed by atoms with E-state index in [-0.39, 0.29) is 11.7 Å². The largest absolute Gasteiger partial charge is 0.354 e. The standard InChI is InChI=1S/C22H22FN3O/c1-14(2)20-6-4-5-15(3)21(20)26-22(27)16-11-19(13-24-12-16)25-18-9-7-17(23)8-10-18/h4-14,25H,1-3H3,(H,26,27). The highest BCUT2D eigenvalue weighted by Crippen LogP contribution is 2.28. The van der Waals surface area contributed by atoms with Crippen LogP contribution in [0.15, 0.2) is 60.9 Å². The van der Waals surface area contributed by atoms with E-state index in [4.69, 9.17) is 0 Å². The third kappa shape index (κ3) is 4.50. The van der Waals surface area contributed by atoms with E-state index in [9.17, 15) is 9.18 Å². The minimum Gasteiger partial charge on any atom is -0.354 e. The fourth-order valence-corrected chi connectivity index (χ4v) is 2.86. The minimum absolute atomic E-state index is 0.221. The van der Waals surface area contributed by atoms with Crippen LogP contribution in [0.25, 0.3) is 0 Å². The van der Waals surface area contributed by atoms with Crippen LogP contribution in [-0.2, 0) is 0 Å². The molecular formula is C22H22FN3O. The molecule has 0 aliphatic heterocycles. The average molecular weight is 363 g/mol. The number of anilines is 3. The van der Waals surface area contributed by atoms with Crippen LogP contribution in [0.1, 0.15) is 41.3 Å². The van der Waals surface area contributed by atoms with Crippen molar-refractivity contribution in [3.8, 4) is 0 Å². The van der Waals surface area contributed by atoms with Gasteiger partial charge in [0.25, 0.3) is 5.91 Å². The van der Waals surface area contributed by atoms with Crippen molar-refractivity contribution >= 4 is 23.0 Å². The van der Waals surface area contributed by atoms with Crippen LogP contribution in [0.2, 0.25) is 0 Å². The molecule has 0 aliphatic carbocycles. The minimum atomic E-state index is -0.300. The number of carbonyl (C=O) groups excluding carboxylic acids is 1. The summed E-state index contributed by atoms with van der Waals surface area (Å²) >= 11 is 0. The van der Waals surface area contributed by atoms with Crippen molar-refractivity contribution < 1.29 is 9.18 Å². The Morgan fingerprint density at radius 1 is 1.04 bits per heavy atom. The fourth-order valence-electron chi connectivity index (χ4n) is 2.86. The second-order valence-electron chi connectivity index (χ2n) is 6.74. The van der Waals surface area contributed by atoms with E-state index in [1.807, 2.05) is 25.1 Å². The van der Waals surface area contributed by atoms with Gasteiger partial charge in [0, 0.05) is 17.6 Å². The van der Waals surface area contributed by atoms with Gasteiger partial charge in [-0.1, -0.05) is 32.0 Å². The molecule has 0 bridgehead atoms. The number of carbonyl (C=O) groups is 1. The summed E-state index contributed by atoms with van der Waals surface area (Å²) in [5.41, 5.74) is 4.77. The number of aromatic nitrogens is 1. The number of hydrogen-bond acceptors (Lipinski definition) is 3. The molecular weight excluding hydrogens is 341 g/mol. The smallest absolute Gasteiger partial charge is 0.257 e. The first-order valence-corrected chi connectivity index (χ1v) is 8.82. The molecule has 5 heteroatoms. The number of pyridine rings is 1. The molecule has 0 fully saturated rings. The van der Waals surface area contributed by atoms with Gasteiger partial charge in [-0.3, -0.25) is 9.78 Å². The molecule has 2 aromatic carbocycles. The van der Waals surface area contributed by atoms with Gasteiger partial charge < -0.3 is 10.6 Å². The first-order valence-electron chi connectivity index (χ1n) is 8.82. The molecule has 27 heavy (non-hydrogen) atoms. The Morgan fingerprint density at radius 2 is 1.78 bits per heavy atom. The molecule has 1 aromatic heterocycles. The molecule has 4 nitrogen and oxygen atoms in total. The molecule has 138 valence electrons. The third-order valence-corrected chi connectivity index (χ3v) is 4.30. The van der Waals surface area contributed by atoms with E-state index in [1.54, 1.807) is 24.4 Å². The van der Waals surface area contributed by atoms with Crippen LogP contribution in [0.5, 0.6) is 0 Å². The molecule has 0 atom stereocenters.